The van der Waals surface area contributed by atoms with Crippen molar-refractivity contribution in [2.24, 2.45) is 5.92 Å². The molecule has 18 heavy (non-hydrogen) atoms. The maximum Gasteiger partial charge on any atom is 0.231 e. The smallest absolute Gasteiger partial charge is 0.231 e. The molecule has 1 saturated carbocycles. The second kappa shape index (κ2) is 5.37. The summed E-state index contributed by atoms with van der Waals surface area (Å²) in [7, 11) is 2.01. The number of hydrogen-bond donors (Lipinski definition) is 1. The Morgan fingerprint density at radius 1 is 1.11 bits per heavy atom. The van der Waals surface area contributed by atoms with Gasteiger partial charge < -0.3 is 15.5 Å². The average Bonchev–Trinajstić information content (AvgIpc) is 3.14. The van der Waals surface area contributed by atoms with Crippen LogP contribution in [0.25, 0.3) is 0 Å². The van der Waals surface area contributed by atoms with Crippen molar-refractivity contribution in [2.45, 2.75) is 26.7 Å². The number of aromatic nitrogens is 3. The van der Waals surface area contributed by atoms with E-state index >= 15 is 0 Å². The number of anilines is 3. The molecule has 2 rings (SSSR count). The predicted octanol–water partition coefficient (Wildman–Crippen LogP) is 1.15. The second-order valence-electron chi connectivity index (χ2n) is 4.79. The van der Waals surface area contributed by atoms with Crippen molar-refractivity contribution in [1.29, 1.82) is 0 Å². The number of hydrogen-bond acceptors (Lipinski definition) is 6. The van der Waals surface area contributed by atoms with Crippen LogP contribution in [0.15, 0.2) is 0 Å². The SMILES string of the molecule is CCN(CC)c1nc(N)nc(N(C)CC2CC2)n1. The van der Waals surface area contributed by atoms with Gasteiger partial charge in [0.05, 0.1) is 0 Å². The van der Waals surface area contributed by atoms with Crippen molar-refractivity contribution >= 4 is 17.8 Å². The lowest BCUT2D eigenvalue weighted by molar-refractivity contribution is 0.750. The summed E-state index contributed by atoms with van der Waals surface area (Å²) in [5, 5.41) is 0. The van der Waals surface area contributed by atoms with Gasteiger partial charge >= 0.3 is 0 Å². The first-order valence-electron chi connectivity index (χ1n) is 6.61. The number of rotatable bonds is 6. The highest BCUT2D eigenvalue weighted by Crippen LogP contribution is 2.30. The zero-order chi connectivity index (χ0) is 13.1. The Morgan fingerprint density at radius 2 is 1.72 bits per heavy atom. The molecule has 0 aliphatic heterocycles. The first kappa shape index (κ1) is 12.9. The molecular formula is C12H22N6. The predicted molar refractivity (Wildman–Crippen MR) is 73.8 cm³/mol. The van der Waals surface area contributed by atoms with Gasteiger partial charge in [-0.3, -0.25) is 0 Å². The summed E-state index contributed by atoms with van der Waals surface area (Å²) >= 11 is 0. The molecule has 1 heterocycles. The third-order valence-electron chi connectivity index (χ3n) is 3.25. The Bertz CT molecular complexity index is 400. The highest BCUT2D eigenvalue weighted by molar-refractivity contribution is 5.43. The van der Waals surface area contributed by atoms with Crippen molar-refractivity contribution in [3.05, 3.63) is 0 Å². The van der Waals surface area contributed by atoms with Gasteiger partial charge in [-0.2, -0.15) is 15.0 Å². The molecule has 100 valence electrons. The fourth-order valence-corrected chi connectivity index (χ4v) is 1.96. The van der Waals surface area contributed by atoms with Crippen LogP contribution >= 0.6 is 0 Å². The van der Waals surface area contributed by atoms with Crippen molar-refractivity contribution in [3.63, 3.8) is 0 Å². The molecule has 0 spiro atoms. The lowest BCUT2D eigenvalue weighted by Gasteiger charge is -2.22. The van der Waals surface area contributed by atoms with Crippen LogP contribution in [-0.2, 0) is 0 Å². The molecule has 6 nitrogen and oxygen atoms in total. The van der Waals surface area contributed by atoms with Crippen LogP contribution < -0.4 is 15.5 Å². The first-order valence-corrected chi connectivity index (χ1v) is 6.61. The summed E-state index contributed by atoms with van der Waals surface area (Å²) in [6.45, 7) is 6.90. The minimum Gasteiger partial charge on any atom is -0.368 e. The third-order valence-corrected chi connectivity index (χ3v) is 3.25. The molecule has 0 unspecified atom stereocenters. The molecule has 1 aromatic rings. The van der Waals surface area contributed by atoms with E-state index in [0.29, 0.717) is 17.8 Å². The quantitative estimate of drug-likeness (QED) is 0.816. The summed E-state index contributed by atoms with van der Waals surface area (Å²) in [6, 6.07) is 0. The van der Waals surface area contributed by atoms with Gasteiger partial charge in [-0.1, -0.05) is 0 Å². The van der Waals surface area contributed by atoms with E-state index in [1.807, 2.05) is 7.05 Å². The molecular weight excluding hydrogens is 228 g/mol. The third kappa shape index (κ3) is 3.00. The van der Waals surface area contributed by atoms with Crippen molar-refractivity contribution in [3.8, 4) is 0 Å². The van der Waals surface area contributed by atoms with Gasteiger partial charge in [0.2, 0.25) is 17.8 Å². The fourth-order valence-electron chi connectivity index (χ4n) is 1.96. The molecule has 0 saturated heterocycles. The molecule has 0 bridgehead atoms. The van der Waals surface area contributed by atoms with Crippen LogP contribution in [0.2, 0.25) is 0 Å². The van der Waals surface area contributed by atoms with Crippen LogP contribution in [-0.4, -0.2) is 41.6 Å². The standard InChI is InChI=1S/C12H22N6/c1-4-18(5-2)12-15-10(13)14-11(16-12)17(3)8-9-6-7-9/h9H,4-8H2,1-3H3,(H2,13,14,15,16). The Morgan fingerprint density at radius 3 is 2.28 bits per heavy atom. The van der Waals surface area contributed by atoms with E-state index in [9.17, 15) is 0 Å². The van der Waals surface area contributed by atoms with Crippen LogP contribution in [0.5, 0.6) is 0 Å². The molecule has 1 aliphatic rings. The highest BCUT2D eigenvalue weighted by atomic mass is 15.3. The van der Waals surface area contributed by atoms with Gasteiger partial charge in [0, 0.05) is 26.7 Å². The zero-order valence-corrected chi connectivity index (χ0v) is 11.4. The largest absolute Gasteiger partial charge is 0.368 e. The normalized spacial score (nSPS) is 14.6. The van der Waals surface area contributed by atoms with E-state index in [-0.39, 0.29) is 0 Å². The summed E-state index contributed by atoms with van der Waals surface area (Å²) in [4.78, 5) is 17.1. The molecule has 0 amide bonds. The Hall–Kier alpha value is -1.59. The molecule has 1 aromatic heterocycles. The lowest BCUT2D eigenvalue weighted by atomic mass is 10.4. The van der Waals surface area contributed by atoms with Crippen LogP contribution in [0.3, 0.4) is 0 Å². The monoisotopic (exact) mass is 250 g/mol. The molecule has 1 fully saturated rings. The topological polar surface area (TPSA) is 71.2 Å². The fraction of sp³-hybridized carbons (Fsp3) is 0.750. The van der Waals surface area contributed by atoms with Crippen molar-refractivity contribution < 1.29 is 0 Å². The van der Waals surface area contributed by atoms with Gasteiger partial charge in [-0.25, -0.2) is 0 Å². The van der Waals surface area contributed by atoms with E-state index in [1.165, 1.54) is 12.8 Å². The summed E-state index contributed by atoms with van der Waals surface area (Å²) in [6.07, 6.45) is 2.63. The van der Waals surface area contributed by atoms with Crippen LogP contribution in [0.1, 0.15) is 26.7 Å². The zero-order valence-electron chi connectivity index (χ0n) is 11.4. The number of nitrogens with two attached hydrogens (primary N) is 1. The second-order valence-corrected chi connectivity index (χ2v) is 4.79. The van der Waals surface area contributed by atoms with E-state index in [1.54, 1.807) is 0 Å². The molecule has 2 N–H and O–H groups in total. The van der Waals surface area contributed by atoms with Crippen molar-refractivity contribution in [2.75, 3.05) is 42.2 Å². The Kier molecular flexibility index (Phi) is 3.84. The van der Waals surface area contributed by atoms with Gasteiger partial charge in [0.15, 0.2) is 0 Å². The maximum absolute atomic E-state index is 5.78. The van der Waals surface area contributed by atoms with Gasteiger partial charge in [-0.15, -0.1) is 0 Å². The molecule has 0 aromatic carbocycles. The van der Waals surface area contributed by atoms with E-state index < -0.39 is 0 Å². The highest BCUT2D eigenvalue weighted by Gasteiger charge is 2.24. The van der Waals surface area contributed by atoms with Crippen LogP contribution in [0.4, 0.5) is 17.8 Å². The molecule has 0 radical (unpaired) electrons. The van der Waals surface area contributed by atoms with Gasteiger partial charge in [0.25, 0.3) is 0 Å². The van der Waals surface area contributed by atoms with Gasteiger partial charge in [-0.05, 0) is 32.6 Å². The van der Waals surface area contributed by atoms with E-state index in [4.69, 9.17) is 5.73 Å². The van der Waals surface area contributed by atoms with Crippen LogP contribution in [0, 0.1) is 5.92 Å². The summed E-state index contributed by atoms with van der Waals surface area (Å²) in [5.74, 6) is 2.44. The molecule has 6 heteroatoms. The lowest BCUT2D eigenvalue weighted by Crippen LogP contribution is -2.28. The summed E-state index contributed by atoms with van der Waals surface area (Å²) in [5.41, 5.74) is 5.78. The van der Waals surface area contributed by atoms with E-state index in [2.05, 4.69) is 38.6 Å². The Labute approximate surface area is 108 Å². The first-order chi connectivity index (χ1) is 8.63. The van der Waals surface area contributed by atoms with E-state index in [0.717, 1.165) is 25.6 Å². The maximum atomic E-state index is 5.78. The molecule has 0 atom stereocenters. The number of nitrogen functional groups attached to an aromatic ring is 1. The minimum absolute atomic E-state index is 0.296. The van der Waals surface area contributed by atoms with Crippen molar-refractivity contribution in [1.82, 2.24) is 15.0 Å². The minimum atomic E-state index is 0.296. The average molecular weight is 250 g/mol. The Balaban J connectivity index is 2.18. The van der Waals surface area contributed by atoms with Gasteiger partial charge in [0.1, 0.15) is 0 Å². The number of nitrogens with zero attached hydrogens (tertiary/aromatic N) is 5. The summed E-state index contributed by atoms with van der Waals surface area (Å²) < 4.78 is 0. The molecule has 1 aliphatic carbocycles.